The number of alkyl halides is 3. The third-order valence-corrected chi connectivity index (χ3v) is 5.64. The number of carbonyl (C=O) groups is 1. The lowest BCUT2D eigenvalue weighted by molar-refractivity contribution is -0.0328. The van der Waals surface area contributed by atoms with Gasteiger partial charge in [-0.25, -0.2) is 0 Å². The number of amides is 1. The molecule has 6 nitrogen and oxygen atoms in total. The number of amidine groups is 1. The van der Waals surface area contributed by atoms with Crippen LogP contribution in [0.5, 0.6) is 0 Å². The Labute approximate surface area is 196 Å². The summed E-state index contributed by atoms with van der Waals surface area (Å²) in [6, 6.07) is 19.4. The predicted molar refractivity (Wildman–Crippen MR) is 125 cm³/mol. The summed E-state index contributed by atoms with van der Waals surface area (Å²) in [4.78, 5) is 12.9. The van der Waals surface area contributed by atoms with Crippen molar-refractivity contribution in [1.82, 2.24) is 5.16 Å². The van der Waals surface area contributed by atoms with Crippen molar-refractivity contribution in [3.63, 3.8) is 0 Å². The van der Waals surface area contributed by atoms with Gasteiger partial charge in [-0.3, -0.25) is 10.2 Å². The second kappa shape index (κ2) is 9.44. The van der Waals surface area contributed by atoms with Crippen molar-refractivity contribution in [3.05, 3.63) is 90.2 Å². The van der Waals surface area contributed by atoms with Crippen LogP contribution in [0.4, 0.5) is 18.9 Å². The first-order valence-corrected chi connectivity index (χ1v) is 10.7. The van der Waals surface area contributed by atoms with Crippen LogP contribution in [0.2, 0.25) is 0 Å². The van der Waals surface area contributed by atoms with Crippen LogP contribution >= 0.6 is 11.8 Å². The minimum absolute atomic E-state index is 0.0914. The standard InChI is InChI=1S/C24H17F3N4O2S/c25-24(26,27)34-20-7-2-1-6-18(20)14-8-10-17(11-9-14)30-23(32)19-13-33-31-21(19)15-4-3-5-16(12-15)22(28)29/h1-13H,(H3,28,29)(H,30,32). The van der Waals surface area contributed by atoms with E-state index in [9.17, 15) is 18.0 Å². The Hall–Kier alpha value is -4.05. The number of aromatic nitrogens is 1. The molecule has 3 aromatic carbocycles. The molecule has 0 spiro atoms. The molecule has 0 atom stereocenters. The lowest BCUT2D eigenvalue weighted by Gasteiger charge is -2.12. The Kier molecular flexibility index (Phi) is 6.42. The molecule has 0 saturated carbocycles. The zero-order chi connectivity index (χ0) is 24.3. The first-order chi connectivity index (χ1) is 16.2. The average Bonchev–Trinajstić information content (AvgIpc) is 3.29. The summed E-state index contributed by atoms with van der Waals surface area (Å²) in [6.07, 6.45) is 1.21. The summed E-state index contributed by atoms with van der Waals surface area (Å²) in [7, 11) is 0. The van der Waals surface area contributed by atoms with Crippen molar-refractivity contribution in [2.45, 2.75) is 10.4 Å². The minimum Gasteiger partial charge on any atom is -0.384 e. The number of nitrogens with zero attached hydrogens (tertiary/aromatic N) is 1. The van der Waals surface area contributed by atoms with Crippen LogP contribution in [-0.2, 0) is 0 Å². The van der Waals surface area contributed by atoms with Gasteiger partial charge in [0.2, 0.25) is 0 Å². The molecule has 0 bridgehead atoms. The van der Waals surface area contributed by atoms with Gasteiger partial charge in [-0.1, -0.05) is 53.7 Å². The van der Waals surface area contributed by atoms with Crippen LogP contribution in [0, 0.1) is 5.41 Å². The maximum Gasteiger partial charge on any atom is 0.446 e. The Morgan fingerprint density at radius 1 is 1.00 bits per heavy atom. The molecule has 0 radical (unpaired) electrons. The fraction of sp³-hybridized carbons (Fsp3) is 0.0417. The van der Waals surface area contributed by atoms with Crippen molar-refractivity contribution >= 4 is 29.2 Å². The molecule has 0 aliphatic heterocycles. The van der Waals surface area contributed by atoms with Gasteiger partial charge in [-0.05, 0) is 47.2 Å². The second-order valence-corrected chi connectivity index (χ2v) is 8.25. The van der Waals surface area contributed by atoms with Crippen LogP contribution < -0.4 is 11.1 Å². The highest BCUT2D eigenvalue weighted by Crippen LogP contribution is 2.41. The molecule has 1 heterocycles. The van der Waals surface area contributed by atoms with Crippen LogP contribution in [0.3, 0.4) is 0 Å². The third kappa shape index (κ3) is 5.29. The molecule has 0 aliphatic rings. The van der Waals surface area contributed by atoms with Gasteiger partial charge in [0.25, 0.3) is 5.91 Å². The van der Waals surface area contributed by atoms with Crippen LogP contribution in [0.1, 0.15) is 15.9 Å². The number of hydrogen-bond donors (Lipinski definition) is 3. The number of anilines is 1. The van der Waals surface area contributed by atoms with Crippen LogP contribution in [0.15, 0.2) is 88.5 Å². The van der Waals surface area contributed by atoms with Crippen molar-refractivity contribution < 1.29 is 22.5 Å². The van der Waals surface area contributed by atoms with E-state index in [1.54, 1.807) is 66.7 Å². The monoisotopic (exact) mass is 482 g/mol. The molecule has 172 valence electrons. The van der Waals surface area contributed by atoms with E-state index in [1.165, 1.54) is 12.3 Å². The first kappa shape index (κ1) is 23.1. The summed E-state index contributed by atoms with van der Waals surface area (Å²) in [5.74, 6) is -0.600. The molecule has 4 N–H and O–H groups in total. The highest BCUT2D eigenvalue weighted by atomic mass is 32.2. The molecule has 1 amide bonds. The van der Waals surface area contributed by atoms with Crippen molar-refractivity contribution in [1.29, 1.82) is 5.41 Å². The summed E-state index contributed by atoms with van der Waals surface area (Å²) in [5.41, 5.74) is 4.10. The van der Waals surface area contributed by atoms with Gasteiger partial charge in [0.15, 0.2) is 0 Å². The molecular formula is C24H17F3N4O2S. The Bertz CT molecular complexity index is 1350. The molecule has 0 fully saturated rings. The quantitative estimate of drug-likeness (QED) is 0.174. The number of rotatable bonds is 6. The molecule has 0 saturated heterocycles. The van der Waals surface area contributed by atoms with E-state index in [0.717, 1.165) is 0 Å². The van der Waals surface area contributed by atoms with E-state index in [1.807, 2.05) is 0 Å². The van der Waals surface area contributed by atoms with Gasteiger partial charge in [0, 0.05) is 21.7 Å². The average molecular weight is 482 g/mol. The SMILES string of the molecule is N=C(N)c1cccc(-c2nocc2C(=O)Nc2ccc(-c3ccccc3SC(F)(F)F)cc2)c1. The molecule has 34 heavy (non-hydrogen) atoms. The number of thioether (sulfide) groups is 1. The molecule has 0 unspecified atom stereocenters. The van der Waals surface area contributed by atoms with E-state index in [2.05, 4.69) is 10.5 Å². The number of nitrogens with one attached hydrogen (secondary N) is 2. The van der Waals surface area contributed by atoms with E-state index in [0.29, 0.717) is 27.9 Å². The van der Waals surface area contributed by atoms with Gasteiger partial charge >= 0.3 is 5.51 Å². The lowest BCUT2D eigenvalue weighted by Crippen LogP contribution is -2.13. The van der Waals surface area contributed by atoms with Crippen molar-refractivity contribution in [2.75, 3.05) is 5.32 Å². The molecule has 1 aromatic heterocycles. The normalized spacial score (nSPS) is 11.3. The third-order valence-electron chi connectivity index (χ3n) is 4.83. The molecular weight excluding hydrogens is 465 g/mol. The topological polar surface area (TPSA) is 105 Å². The Morgan fingerprint density at radius 2 is 1.74 bits per heavy atom. The second-order valence-electron chi connectivity index (χ2n) is 7.15. The number of nitrogen functional groups attached to an aromatic ring is 1. The number of benzene rings is 3. The smallest absolute Gasteiger partial charge is 0.384 e. The summed E-state index contributed by atoms with van der Waals surface area (Å²) in [6.45, 7) is 0. The summed E-state index contributed by atoms with van der Waals surface area (Å²) in [5, 5.41) is 14.2. The highest BCUT2D eigenvalue weighted by molar-refractivity contribution is 8.00. The molecule has 4 aromatic rings. The van der Waals surface area contributed by atoms with E-state index in [-0.39, 0.29) is 33.8 Å². The fourth-order valence-electron chi connectivity index (χ4n) is 3.29. The zero-order valence-corrected chi connectivity index (χ0v) is 18.2. The maximum atomic E-state index is 12.9. The maximum absolute atomic E-state index is 12.9. The first-order valence-electron chi connectivity index (χ1n) is 9.87. The van der Waals surface area contributed by atoms with E-state index in [4.69, 9.17) is 15.7 Å². The van der Waals surface area contributed by atoms with E-state index >= 15 is 0 Å². The predicted octanol–water partition coefficient (Wildman–Crippen LogP) is 6.16. The molecule has 4 rings (SSSR count). The fourth-order valence-corrected chi connectivity index (χ4v) is 3.98. The number of nitrogens with two attached hydrogens (primary N) is 1. The minimum atomic E-state index is -4.40. The Morgan fingerprint density at radius 3 is 2.44 bits per heavy atom. The highest BCUT2D eigenvalue weighted by Gasteiger charge is 2.30. The van der Waals surface area contributed by atoms with Gasteiger partial charge in [0.1, 0.15) is 23.4 Å². The van der Waals surface area contributed by atoms with E-state index < -0.39 is 11.4 Å². The van der Waals surface area contributed by atoms with Gasteiger partial charge in [-0.2, -0.15) is 13.2 Å². The number of hydrogen-bond acceptors (Lipinski definition) is 5. The zero-order valence-electron chi connectivity index (χ0n) is 17.4. The number of carbonyl (C=O) groups excluding carboxylic acids is 1. The van der Waals surface area contributed by atoms with Crippen LogP contribution in [0.25, 0.3) is 22.4 Å². The van der Waals surface area contributed by atoms with Crippen LogP contribution in [-0.4, -0.2) is 22.4 Å². The van der Waals surface area contributed by atoms with Gasteiger partial charge < -0.3 is 15.6 Å². The van der Waals surface area contributed by atoms with Crippen molar-refractivity contribution in [3.8, 4) is 22.4 Å². The van der Waals surface area contributed by atoms with Crippen molar-refractivity contribution in [2.24, 2.45) is 5.73 Å². The van der Waals surface area contributed by atoms with Gasteiger partial charge in [-0.15, -0.1) is 0 Å². The summed E-state index contributed by atoms with van der Waals surface area (Å²) >= 11 is -0.171. The molecule has 10 heteroatoms. The summed E-state index contributed by atoms with van der Waals surface area (Å²) < 4.78 is 43.6. The number of halogens is 3. The molecule has 0 aliphatic carbocycles. The largest absolute Gasteiger partial charge is 0.446 e. The van der Waals surface area contributed by atoms with Gasteiger partial charge in [0.05, 0.1) is 0 Å². The lowest BCUT2D eigenvalue weighted by atomic mass is 10.0. The Balaban J connectivity index is 1.54.